The van der Waals surface area contributed by atoms with Gasteiger partial charge in [0.1, 0.15) is 0 Å². The van der Waals surface area contributed by atoms with Crippen molar-refractivity contribution in [3.8, 4) is 0 Å². The summed E-state index contributed by atoms with van der Waals surface area (Å²) < 4.78 is 4.80. The molecule has 7 nitrogen and oxygen atoms in total. The molecule has 2 aromatic heterocycles. The van der Waals surface area contributed by atoms with Gasteiger partial charge in [-0.25, -0.2) is 9.78 Å². The smallest absolute Gasteiger partial charge is 0.323 e. The minimum absolute atomic E-state index is 0.0404. The maximum Gasteiger partial charge on any atom is 0.332 e. The highest BCUT2D eigenvalue weighted by molar-refractivity contribution is 5.70. The van der Waals surface area contributed by atoms with Crippen molar-refractivity contribution in [2.45, 2.75) is 58.8 Å². The number of aromatic nitrogens is 4. The molecule has 1 aliphatic rings. The van der Waals surface area contributed by atoms with Crippen molar-refractivity contribution in [1.82, 2.24) is 24.0 Å². The van der Waals surface area contributed by atoms with Gasteiger partial charge in [-0.1, -0.05) is 0 Å². The van der Waals surface area contributed by atoms with Crippen LogP contribution >= 0.6 is 0 Å². The van der Waals surface area contributed by atoms with Crippen LogP contribution in [0.3, 0.4) is 0 Å². The summed E-state index contributed by atoms with van der Waals surface area (Å²) in [6.45, 7) is 7.79. The van der Waals surface area contributed by atoms with Crippen LogP contribution in [0.1, 0.15) is 39.7 Å². The molecule has 1 N–H and O–H groups in total. The number of nitrogens with one attached hydrogen (secondary N) is 1. The zero-order chi connectivity index (χ0) is 15.9. The molecule has 0 saturated carbocycles. The molecule has 1 unspecified atom stereocenters. The fourth-order valence-electron chi connectivity index (χ4n) is 3.23. The van der Waals surface area contributed by atoms with Crippen molar-refractivity contribution in [1.29, 1.82) is 0 Å². The van der Waals surface area contributed by atoms with Crippen LogP contribution < -0.4 is 16.6 Å². The topological polar surface area (TPSA) is 73.8 Å². The van der Waals surface area contributed by atoms with Crippen LogP contribution in [0.5, 0.6) is 0 Å². The second-order valence-corrected chi connectivity index (χ2v) is 6.16. The van der Waals surface area contributed by atoms with E-state index in [0.29, 0.717) is 30.3 Å². The molecule has 0 aliphatic carbocycles. The number of imidazole rings is 1. The molecule has 22 heavy (non-hydrogen) atoms. The number of fused-ring (bicyclic) bond motifs is 1. The normalized spacial score (nSPS) is 18.6. The van der Waals surface area contributed by atoms with Crippen LogP contribution in [0.25, 0.3) is 11.2 Å². The summed E-state index contributed by atoms with van der Waals surface area (Å²) in [4.78, 5) is 29.5. The monoisotopic (exact) mass is 305 g/mol. The van der Waals surface area contributed by atoms with Gasteiger partial charge in [-0.2, -0.15) is 0 Å². The summed E-state index contributed by atoms with van der Waals surface area (Å²) >= 11 is 0. The van der Waals surface area contributed by atoms with Crippen LogP contribution in [0.2, 0.25) is 0 Å². The lowest BCUT2D eigenvalue weighted by Crippen LogP contribution is -2.41. The molecule has 2 aromatic rings. The number of hydrogen-bond acceptors (Lipinski definition) is 4. The summed E-state index contributed by atoms with van der Waals surface area (Å²) in [5.74, 6) is 0. The predicted octanol–water partition coefficient (Wildman–Crippen LogP) is 0.712. The van der Waals surface area contributed by atoms with Crippen LogP contribution in [0.15, 0.2) is 15.9 Å². The second-order valence-electron chi connectivity index (χ2n) is 6.16. The molecule has 1 saturated heterocycles. The van der Waals surface area contributed by atoms with Crippen molar-refractivity contribution < 1.29 is 0 Å². The van der Waals surface area contributed by atoms with E-state index in [1.807, 2.05) is 25.3 Å². The second kappa shape index (κ2) is 5.72. The first kappa shape index (κ1) is 15.0. The highest BCUT2D eigenvalue weighted by Crippen LogP contribution is 2.14. The van der Waals surface area contributed by atoms with E-state index in [2.05, 4.69) is 10.3 Å². The molecular weight excluding hydrogens is 282 g/mol. The van der Waals surface area contributed by atoms with Crippen molar-refractivity contribution in [2.24, 2.45) is 0 Å². The summed E-state index contributed by atoms with van der Waals surface area (Å²) in [6, 6.07) is 0.327. The molecule has 0 amide bonds. The first-order chi connectivity index (χ1) is 10.5. The summed E-state index contributed by atoms with van der Waals surface area (Å²) in [5, 5.41) is 3.43. The van der Waals surface area contributed by atoms with E-state index in [4.69, 9.17) is 0 Å². The average Bonchev–Trinajstić information content (AvgIpc) is 3.10. The van der Waals surface area contributed by atoms with Gasteiger partial charge in [0.25, 0.3) is 5.56 Å². The van der Waals surface area contributed by atoms with Gasteiger partial charge in [-0.15, -0.1) is 0 Å². The van der Waals surface area contributed by atoms with Gasteiger partial charge in [-0.05, 0) is 40.2 Å². The van der Waals surface area contributed by atoms with Gasteiger partial charge < -0.3 is 9.88 Å². The maximum absolute atomic E-state index is 12.7. The summed E-state index contributed by atoms with van der Waals surface area (Å²) in [7, 11) is 0. The lowest BCUT2D eigenvalue weighted by atomic mass is 10.2. The van der Waals surface area contributed by atoms with Gasteiger partial charge in [0.05, 0.1) is 6.33 Å². The third-order valence-electron chi connectivity index (χ3n) is 4.34. The first-order valence-electron chi connectivity index (χ1n) is 7.98. The van der Waals surface area contributed by atoms with Crippen molar-refractivity contribution >= 4 is 11.2 Å². The Morgan fingerprint density at radius 2 is 2.18 bits per heavy atom. The fourth-order valence-corrected chi connectivity index (χ4v) is 3.23. The van der Waals surface area contributed by atoms with Gasteiger partial charge in [-0.3, -0.25) is 13.9 Å². The molecule has 7 heteroatoms. The van der Waals surface area contributed by atoms with Gasteiger partial charge in [0.2, 0.25) is 0 Å². The molecule has 1 atom stereocenters. The van der Waals surface area contributed by atoms with Crippen molar-refractivity contribution in [3.63, 3.8) is 0 Å². The highest BCUT2D eigenvalue weighted by Gasteiger charge is 2.21. The van der Waals surface area contributed by atoms with Crippen LogP contribution in [0, 0.1) is 0 Å². The average molecular weight is 305 g/mol. The van der Waals surface area contributed by atoms with Crippen molar-refractivity contribution in [3.05, 3.63) is 27.2 Å². The van der Waals surface area contributed by atoms with Crippen molar-refractivity contribution in [2.75, 3.05) is 6.54 Å². The molecule has 1 fully saturated rings. The minimum atomic E-state index is -0.278. The number of hydrogen-bond donors (Lipinski definition) is 1. The van der Waals surface area contributed by atoms with E-state index in [1.54, 1.807) is 10.9 Å². The van der Waals surface area contributed by atoms with E-state index in [9.17, 15) is 9.59 Å². The number of nitrogens with zero attached hydrogens (tertiary/aromatic N) is 4. The largest absolute Gasteiger partial charge is 0.332 e. The Hall–Kier alpha value is -1.89. The highest BCUT2D eigenvalue weighted by atomic mass is 16.2. The van der Waals surface area contributed by atoms with E-state index in [0.717, 1.165) is 19.4 Å². The zero-order valence-electron chi connectivity index (χ0n) is 13.4. The molecular formula is C15H23N5O2. The maximum atomic E-state index is 12.7. The SMILES string of the molecule is CCn1c(=O)c2c(ncn2CC2CCCN2)n(C(C)C)c1=O. The lowest BCUT2D eigenvalue weighted by molar-refractivity contribution is 0.510. The van der Waals surface area contributed by atoms with Crippen LogP contribution in [-0.2, 0) is 13.1 Å². The molecule has 3 rings (SSSR count). The third-order valence-corrected chi connectivity index (χ3v) is 4.34. The fraction of sp³-hybridized carbons (Fsp3) is 0.667. The minimum Gasteiger partial charge on any atom is -0.323 e. The van der Waals surface area contributed by atoms with E-state index in [-0.39, 0.29) is 17.3 Å². The Balaban J connectivity index is 2.22. The summed E-state index contributed by atoms with van der Waals surface area (Å²) in [6.07, 6.45) is 3.95. The lowest BCUT2D eigenvalue weighted by Gasteiger charge is -2.15. The molecule has 3 heterocycles. The molecule has 0 radical (unpaired) electrons. The van der Waals surface area contributed by atoms with Crippen LogP contribution in [0.4, 0.5) is 0 Å². The molecule has 0 aromatic carbocycles. The standard InChI is InChI=1S/C15H23N5O2/c1-4-19-14(21)12-13(20(10(2)3)15(19)22)17-9-18(12)8-11-6-5-7-16-11/h9-11,16H,4-8H2,1-3H3. The van der Waals surface area contributed by atoms with Crippen LogP contribution in [-0.4, -0.2) is 31.3 Å². The molecule has 0 spiro atoms. The molecule has 0 bridgehead atoms. The predicted molar refractivity (Wildman–Crippen MR) is 85.3 cm³/mol. The number of rotatable bonds is 4. The van der Waals surface area contributed by atoms with E-state index in [1.165, 1.54) is 4.57 Å². The molecule has 120 valence electrons. The van der Waals surface area contributed by atoms with Gasteiger partial charge in [0.15, 0.2) is 11.2 Å². The summed E-state index contributed by atoms with van der Waals surface area (Å²) in [5.41, 5.74) is 0.505. The quantitative estimate of drug-likeness (QED) is 0.903. The Kier molecular flexibility index (Phi) is 3.90. The zero-order valence-corrected chi connectivity index (χ0v) is 13.4. The van der Waals surface area contributed by atoms with E-state index >= 15 is 0 Å². The molecule has 1 aliphatic heterocycles. The Labute approximate surface area is 128 Å². The van der Waals surface area contributed by atoms with Gasteiger partial charge in [0, 0.05) is 25.2 Å². The first-order valence-corrected chi connectivity index (χ1v) is 7.98. The Bertz CT molecular complexity index is 793. The van der Waals surface area contributed by atoms with Gasteiger partial charge >= 0.3 is 5.69 Å². The Morgan fingerprint density at radius 3 is 2.77 bits per heavy atom. The van der Waals surface area contributed by atoms with E-state index < -0.39 is 0 Å². The third kappa shape index (κ3) is 2.29. The Morgan fingerprint density at radius 1 is 1.41 bits per heavy atom.